The molecule has 7 nitrogen and oxygen atoms in total. The van der Waals surface area contributed by atoms with Crippen LogP contribution in [-0.4, -0.2) is 38.9 Å². The lowest BCUT2D eigenvalue weighted by molar-refractivity contribution is 0.0681. The van der Waals surface area contributed by atoms with Crippen LogP contribution in [0.15, 0.2) is 67.0 Å². The van der Waals surface area contributed by atoms with Gasteiger partial charge in [-0.15, -0.1) is 0 Å². The van der Waals surface area contributed by atoms with Crippen LogP contribution in [0.3, 0.4) is 0 Å². The Kier molecular flexibility index (Phi) is 7.21. The second-order valence-corrected chi connectivity index (χ2v) is 9.19. The molecule has 0 amide bonds. The van der Waals surface area contributed by atoms with Crippen LogP contribution in [0.25, 0.3) is 22.4 Å². The zero-order chi connectivity index (χ0) is 24.9. The molecule has 0 saturated heterocycles. The van der Waals surface area contributed by atoms with E-state index in [1.54, 1.807) is 10.9 Å². The Labute approximate surface area is 211 Å². The molecule has 36 heavy (non-hydrogen) atoms. The molecule has 2 aromatic heterocycles. The third-order valence-corrected chi connectivity index (χ3v) is 6.82. The number of nitrogens with two attached hydrogens (primary N) is 1. The number of rotatable bonds is 10. The van der Waals surface area contributed by atoms with Crippen LogP contribution in [0.1, 0.15) is 39.2 Å². The van der Waals surface area contributed by atoms with Crippen LogP contribution >= 0.6 is 0 Å². The molecule has 2 aromatic carbocycles. The van der Waals surface area contributed by atoms with Gasteiger partial charge in [0.25, 0.3) is 0 Å². The van der Waals surface area contributed by atoms with Crippen molar-refractivity contribution < 1.29 is 9.90 Å². The van der Waals surface area contributed by atoms with E-state index in [1.807, 2.05) is 24.4 Å². The van der Waals surface area contributed by atoms with Gasteiger partial charge >= 0.3 is 5.97 Å². The van der Waals surface area contributed by atoms with Gasteiger partial charge in [0.15, 0.2) is 0 Å². The second-order valence-electron chi connectivity index (χ2n) is 9.19. The fourth-order valence-corrected chi connectivity index (χ4v) is 4.92. The molecule has 1 aliphatic carbocycles. The van der Waals surface area contributed by atoms with Gasteiger partial charge in [0.2, 0.25) is 0 Å². The summed E-state index contributed by atoms with van der Waals surface area (Å²) < 4.78 is 1.67. The number of benzene rings is 2. The predicted molar refractivity (Wildman–Crippen MR) is 141 cm³/mol. The van der Waals surface area contributed by atoms with Crippen molar-refractivity contribution in [3.8, 4) is 22.4 Å². The Morgan fingerprint density at radius 3 is 2.69 bits per heavy atom. The summed E-state index contributed by atoms with van der Waals surface area (Å²) in [5.41, 5.74) is 14.6. The number of fused-ring (bicyclic) bond motifs is 3. The summed E-state index contributed by atoms with van der Waals surface area (Å²) in [6.07, 6.45) is 6.82. The standard InChI is InChI=1S/C29H31N5O2/c30-18-21-3-1-4-23(17-21)22-7-5-20(6-8-22)11-14-31-13-2-16-34-28(29(35)36)26-10-9-24-19-32-15-12-25(24)27(26)33-34/h1,3-8,12,15,17,19,31H,2,9-11,13-14,16,18,30H2,(H,35,36). The molecule has 0 bridgehead atoms. The maximum Gasteiger partial charge on any atom is 0.354 e. The number of pyridine rings is 1. The van der Waals surface area contributed by atoms with Gasteiger partial charge in [0.1, 0.15) is 5.69 Å². The van der Waals surface area contributed by atoms with Crippen molar-refractivity contribution in [2.45, 2.75) is 38.8 Å². The zero-order valence-electron chi connectivity index (χ0n) is 20.3. The maximum atomic E-state index is 12.0. The molecule has 0 spiro atoms. The molecule has 0 fully saturated rings. The minimum Gasteiger partial charge on any atom is -0.477 e. The molecule has 4 N–H and O–H groups in total. The highest BCUT2D eigenvalue weighted by atomic mass is 16.4. The molecule has 4 aromatic rings. The van der Waals surface area contributed by atoms with E-state index in [1.165, 1.54) is 16.7 Å². The van der Waals surface area contributed by atoms with E-state index in [0.717, 1.165) is 60.3 Å². The van der Waals surface area contributed by atoms with E-state index >= 15 is 0 Å². The Balaban J connectivity index is 1.13. The van der Waals surface area contributed by atoms with Crippen molar-refractivity contribution in [3.05, 3.63) is 94.9 Å². The van der Waals surface area contributed by atoms with Crippen molar-refractivity contribution >= 4 is 5.97 Å². The van der Waals surface area contributed by atoms with E-state index in [4.69, 9.17) is 10.8 Å². The van der Waals surface area contributed by atoms with Crippen LogP contribution in [0, 0.1) is 0 Å². The number of hydrogen-bond donors (Lipinski definition) is 3. The molecule has 0 aliphatic heterocycles. The summed E-state index contributed by atoms with van der Waals surface area (Å²) in [4.78, 5) is 16.2. The van der Waals surface area contributed by atoms with Gasteiger partial charge in [-0.25, -0.2) is 4.79 Å². The first-order chi connectivity index (χ1) is 17.6. The van der Waals surface area contributed by atoms with Gasteiger partial charge in [-0.05, 0) is 78.7 Å². The Hall–Kier alpha value is -3.81. The predicted octanol–water partition coefficient (Wildman–Crippen LogP) is 4.09. The van der Waals surface area contributed by atoms with Crippen molar-refractivity contribution in [1.29, 1.82) is 0 Å². The summed E-state index contributed by atoms with van der Waals surface area (Å²) in [5.74, 6) is -0.910. The first-order valence-corrected chi connectivity index (χ1v) is 12.5. The summed E-state index contributed by atoms with van der Waals surface area (Å²) in [6, 6.07) is 18.9. The molecule has 184 valence electrons. The summed E-state index contributed by atoms with van der Waals surface area (Å²) >= 11 is 0. The topological polar surface area (TPSA) is 106 Å². The van der Waals surface area contributed by atoms with E-state index in [9.17, 15) is 9.90 Å². The van der Waals surface area contributed by atoms with Crippen LogP contribution in [0.5, 0.6) is 0 Å². The van der Waals surface area contributed by atoms with E-state index in [-0.39, 0.29) is 0 Å². The van der Waals surface area contributed by atoms with Crippen molar-refractivity contribution in [2.24, 2.45) is 5.73 Å². The number of carboxylic acid groups (broad SMARTS) is 1. The third-order valence-electron chi connectivity index (χ3n) is 6.82. The normalized spacial score (nSPS) is 12.2. The zero-order valence-corrected chi connectivity index (χ0v) is 20.3. The lowest BCUT2D eigenvalue weighted by Gasteiger charge is -2.14. The molecule has 0 saturated carbocycles. The molecule has 0 atom stereocenters. The van der Waals surface area contributed by atoms with Crippen molar-refractivity contribution in [1.82, 2.24) is 20.1 Å². The number of hydrogen-bond acceptors (Lipinski definition) is 5. The summed E-state index contributed by atoms with van der Waals surface area (Å²) in [5, 5.41) is 18.0. The van der Waals surface area contributed by atoms with Gasteiger partial charge in [0.05, 0.1) is 5.69 Å². The van der Waals surface area contributed by atoms with Crippen LogP contribution in [0.4, 0.5) is 0 Å². The van der Waals surface area contributed by atoms with Gasteiger partial charge in [-0.3, -0.25) is 9.67 Å². The minimum atomic E-state index is -0.910. The molecular formula is C29H31N5O2. The molecule has 2 heterocycles. The van der Waals surface area contributed by atoms with Gasteiger partial charge in [-0.2, -0.15) is 5.10 Å². The van der Waals surface area contributed by atoms with Gasteiger partial charge in [0, 0.05) is 36.6 Å². The van der Waals surface area contributed by atoms with Crippen LogP contribution in [0.2, 0.25) is 0 Å². The van der Waals surface area contributed by atoms with E-state index in [0.29, 0.717) is 25.2 Å². The molecule has 0 radical (unpaired) electrons. The van der Waals surface area contributed by atoms with Crippen LogP contribution < -0.4 is 11.1 Å². The summed E-state index contributed by atoms with van der Waals surface area (Å²) in [6.45, 7) is 2.78. The third kappa shape index (κ3) is 5.08. The Bertz CT molecular complexity index is 1360. The lowest BCUT2D eigenvalue weighted by Crippen LogP contribution is -2.21. The Morgan fingerprint density at radius 1 is 1.03 bits per heavy atom. The number of carbonyl (C=O) groups is 1. The number of carboxylic acids is 1. The smallest absolute Gasteiger partial charge is 0.354 e. The number of aromatic carboxylic acids is 1. The highest BCUT2D eigenvalue weighted by Crippen LogP contribution is 2.34. The first-order valence-electron chi connectivity index (χ1n) is 12.5. The lowest BCUT2D eigenvalue weighted by atomic mass is 9.90. The average molecular weight is 482 g/mol. The number of nitrogens with one attached hydrogen (secondary N) is 1. The van der Waals surface area contributed by atoms with E-state index < -0.39 is 5.97 Å². The molecule has 0 unspecified atom stereocenters. The molecule has 7 heteroatoms. The van der Waals surface area contributed by atoms with Gasteiger partial charge < -0.3 is 16.2 Å². The Morgan fingerprint density at radius 2 is 1.89 bits per heavy atom. The quantitative estimate of drug-likeness (QED) is 0.295. The average Bonchev–Trinajstić information content (AvgIpc) is 3.30. The number of aryl methyl sites for hydroxylation is 2. The first kappa shape index (κ1) is 23.9. The van der Waals surface area contributed by atoms with Gasteiger partial charge in [-0.1, -0.05) is 42.5 Å². The largest absolute Gasteiger partial charge is 0.477 e. The molecular weight excluding hydrogens is 450 g/mol. The maximum absolute atomic E-state index is 12.0. The molecule has 1 aliphatic rings. The highest BCUT2D eigenvalue weighted by molar-refractivity contribution is 5.90. The minimum absolute atomic E-state index is 0.324. The SMILES string of the molecule is NCc1cccc(-c2ccc(CCNCCCn3nc4c(c3C(=O)O)CCc3cnccc3-4)cc2)c1. The fraction of sp³-hybridized carbons (Fsp3) is 0.276. The molecule has 5 rings (SSSR count). The highest BCUT2D eigenvalue weighted by Gasteiger charge is 2.27. The summed E-state index contributed by atoms with van der Waals surface area (Å²) in [7, 11) is 0. The van der Waals surface area contributed by atoms with Crippen LogP contribution in [-0.2, 0) is 32.4 Å². The monoisotopic (exact) mass is 481 g/mol. The number of nitrogens with zero attached hydrogens (tertiary/aromatic N) is 3. The fourth-order valence-electron chi connectivity index (χ4n) is 4.92. The van der Waals surface area contributed by atoms with Crippen molar-refractivity contribution in [2.75, 3.05) is 13.1 Å². The second kappa shape index (κ2) is 10.8. The number of aromatic nitrogens is 3. The van der Waals surface area contributed by atoms with E-state index in [2.05, 4.69) is 46.7 Å². The van der Waals surface area contributed by atoms with Crippen molar-refractivity contribution in [3.63, 3.8) is 0 Å².